The number of nitrogens with one attached hydrogen (secondary N) is 1. The molecule has 2 heterocycles. The second-order valence-electron chi connectivity index (χ2n) is 5.07. The smallest absolute Gasteiger partial charge is 0.245 e. The number of nitrogens with zero attached hydrogens (tertiary/aromatic N) is 1. The Kier molecular flexibility index (Phi) is 3.16. The van der Waals surface area contributed by atoms with Crippen LogP contribution >= 0.6 is 0 Å². The molecule has 5 heteroatoms. The summed E-state index contributed by atoms with van der Waals surface area (Å²) in [5, 5.41) is 2.84. The molecule has 0 aromatic heterocycles. The van der Waals surface area contributed by atoms with Crippen LogP contribution in [-0.4, -0.2) is 31.7 Å². The van der Waals surface area contributed by atoms with Crippen LogP contribution in [0.3, 0.4) is 0 Å². The molecule has 1 amide bonds. The van der Waals surface area contributed by atoms with Gasteiger partial charge in [-0.1, -0.05) is 13.0 Å². The Balaban J connectivity index is 1.90. The molecular formula is C14H19N3O2. The third kappa shape index (κ3) is 2.09. The fraction of sp³-hybridized carbons (Fsp3) is 0.500. The number of amides is 1. The number of ether oxygens (including phenoxy) is 1. The standard InChI is InChI=1S/C14H19N3O2/c1-2-9-8-19-6-5-17(9)10-3-4-11-12(7-10)16-14(18)13(11)15/h3-4,7,9,13H,2,5-6,8,15H2,1H3,(H,16,18). The van der Waals surface area contributed by atoms with Gasteiger partial charge in [-0.3, -0.25) is 4.79 Å². The number of carbonyl (C=O) groups excluding carboxylic acids is 1. The van der Waals surface area contributed by atoms with Crippen molar-refractivity contribution >= 4 is 17.3 Å². The summed E-state index contributed by atoms with van der Waals surface area (Å²) in [5.41, 5.74) is 8.68. The van der Waals surface area contributed by atoms with Crippen molar-refractivity contribution in [2.24, 2.45) is 5.73 Å². The molecule has 3 rings (SSSR count). The molecule has 102 valence electrons. The zero-order valence-electron chi connectivity index (χ0n) is 11.1. The molecule has 3 N–H and O–H groups in total. The number of nitrogens with two attached hydrogens (primary N) is 1. The van der Waals surface area contributed by atoms with Gasteiger partial charge in [-0.2, -0.15) is 0 Å². The van der Waals surface area contributed by atoms with E-state index in [4.69, 9.17) is 10.5 Å². The van der Waals surface area contributed by atoms with Crippen molar-refractivity contribution in [2.45, 2.75) is 25.4 Å². The van der Waals surface area contributed by atoms with E-state index in [1.807, 2.05) is 18.2 Å². The lowest BCUT2D eigenvalue weighted by Gasteiger charge is -2.37. The van der Waals surface area contributed by atoms with E-state index in [0.717, 1.165) is 43.1 Å². The van der Waals surface area contributed by atoms with Crippen LogP contribution in [0, 0.1) is 0 Å². The molecule has 2 aliphatic rings. The molecule has 0 bridgehead atoms. The zero-order valence-corrected chi connectivity index (χ0v) is 11.1. The van der Waals surface area contributed by atoms with E-state index in [0.29, 0.717) is 6.04 Å². The highest BCUT2D eigenvalue weighted by Crippen LogP contribution is 2.33. The summed E-state index contributed by atoms with van der Waals surface area (Å²) in [6.07, 6.45) is 1.04. The molecule has 0 saturated carbocycles. The minimum absolute atomic E-state index is 0.124. The Labute approximate surface area is 112 Å². The maximum Gasteiger partial charge on any atom is 0.245 e. The van der Waals surface area contributed by atoms with Crippen LogP contribution in [0.4, 0.5) is 11.4 Å². The van der Waals surface area contributed by atoms with Gasteiger partial charge in [0.1, 0.15) is 6.04 Å². The Morgan fingerprint density at radius 1 is 1.53 bits per heavy atom. The highest BCUT2D eigenvalue weighted by atomic mass is 16.5. The topological polar surface area (TPSA) is 67.6 Å². The second-order valence-corrected chi connectivity index (χ2v) is 5.07. The second kappa shape index (κ2) is 4.83. The maximum absolute atomic E-state index is 11.6. The van der Waals surface area contributed by atoms with E-state index in [2.05, 4.69) is 17.1 Å². The molecule has 0 spiro atoms. The zero-order chi connectivity index (χ0) is 13.4. The molecule has 0 aliphatic carbocycles. The third-order valence-corrected chi connectivity index (χ3v) is 3.94. The molecule has 1 saturated heterocycles. The average Bonchev–Trinajstić information content (AvgIpc) is 2.73. The molecular weight excluding hydrogens is 242 g/mol. The summed E-state index contributed by atoms with van der Waals surface area (Å²) >= 11 is 0. The minimum atomic E-state index is -0.532. The van der Waals surface area contributed by atoms with Crippen LogP contribution in [0.15, 0.2) is 18.2 Å². The molecule has 1 fully saturated rings. The Morgan fingerprint density at radius 2 is 2.37 bits per heavy atom. The lowest BCUT2D eigenvalue weighted by Crippen LogP contribution is -2.45. The minimum Gasteiger partial charge on any atom is -0.377 e. The van der Waals surface area contributed by atoms with Gasteiger partial charge < -0.3 is 20.7 Å². The molecule has 1 aromatic rings. The number of hydrogen-bond donors (Lipinski definition) is 2. The maximum atomic E-state index is 11.6. The van der Waals surface area contributed by atoms with Crippen molar-refractivity contribution in [2.75, 3.05) is 30.0 Å². The fourth-order valence-electron chi connectivity index (χ4n) is 2.79. The summed E-state index contributed by atoms with van der Waals surface area (Å²) in [4.78, 5) is 13.9. The summed E-state index contributed by atoms with van der Waals surface area (Å²) in [5.74, 6) is -0.124. The number of rotatable bonds is 2. The molecule has 2 atom stereocenters. The number of anilines is 2. The van der Waals surface area contributed by atoms with Gasteiger partial charge in [-0.15, -0.1) is 0 Å². The number of benzene rings is 1. The molecule has 0 radical (unpaired) electrons. The first kappa shape index (κ1) is 12.4. The number of carbonyl (C=O) groups is 1. The summed E-state index contributed by atoms with van der Waals surface area (Å²) in [6.45, 7) is 4.56. The molecule has 19 heavy (non-hydrogen) atoms. The summed E-state index contributed by atoms with van der Waals surface area (Å²) in [6, 6.07) is 5.89. The van der Waals surface area contributed by atoms with Crippen molar-refractivity contribution in [1.29, 1.82) is 0 Å². The lowest BCUT2D eigenvalue weighted by atomic mass is 10.1. The first-order valence-corrected chi connectivity index (χ1v) is 6.75. The first-order valence-electron chi connectivity index (χ1n) is 6.75. The van der Waals surface area contributed by atoms with Gasteiger partial charge in [0.05, 0.1) is 19.3 Å². The van der Waals surface area contributed by atoms with E-state index in [1.165, 1.54) is 0 Å². The molecule has 1 aromatic carbocycles. The van der Waals surface area contributed by atoms with Crippen LogP contribution in [-0.2, 0) is 9.53 Å². The Morgan fingerprint density at radius 3 is 3.16 bits per heavy atom. The number of hydrogen-bond acceptors (Lipinski definition) is 4. The fourth-order valence-corrected chi connectivity index (χ4v) is 2.79. The molecule has 5 nitrogen and oxygen atoms in total. The van der Waals surface area contributed by atoms with Crippen LogP contribution < -0.4 is 16.0 Å². The third-order valence-electron chi connectivity index (χ3n) is 3.94. The van der Waals surface area contributed by atoms with Crippen molar-refractivity contribution in [3.8, 4) is 0 Å². The van der Waals surface area contributed by atoms with Gasteiger partial charge in [-0.25, -0.2) is 0 Å². The Hall–Kier alpha value is -1.59. The Bertz CT molecular complexity index is 503. The monoisotopic (exact) mass is 261 g/mol. The van der Waals surface area contributed by atoms with Crippen molar-refractivity contribution in [3.63, 3.8) is 0 Å². The molecule has 2 aliphatic heterocycles. The summed E-state index contributed by atoms with van der Waals surface area (Å²) < 4.78 is 5.52. The lowest BCUT2D eigenvalue weighted by molar-refractivity contribution is -0.116. The largest absolute Gasteiger partial charge is 0.377 e. The average molecular weight is 261 g/mol. The highest BCUT2D eigenvalue weighted by molar-refractivity contribution is 6.02. The van der Waals surface area contributed by atoms with E-state index in [-0.39, 0.29) is 5.91 Å². The van der Waals surface area contributed by atoms with Gasteiger partial charge in [-0.05, 0) is 18.6 Å². The van der Waals surface area contributed by atoms with E-state index in [1.54, 1.807) is 0 Å². The normalized spacial score (nSPS) is 26.2. The van der Waals surface area contributed by atoms with Gasteiger partial charge in [0.25, 0.3) is 0 Å². The summed E-state index contributed by atoms with van der Waals surface area (Å²) in [7, 11) is 0. The van der Waals surface area contributed by atoms with Gasteiger partial charge in [0, 0.05) is 23.5 Å². The van der Waals surface area contributed by atoms with Crippen LogP contribution in [0.1, 0.15) is 24.9 Å². The number of fused-ring (bicyclic) bond motifs is 1. The van der Waals surface area contributed by atoms with E-state index >= 15 is 0 Å². The SMILES string of the molecule is CCC1COCCN1c1ccc2c(c1)NC(=O)C2N. The van der Waals surface area contributed by atoms with E-state index < -0.39 is 6.04 Å². The van der Waals surface area contributed by atoms with Crippen LogP contribution in [0.2, 0.25) is 0 Å². The predicted molar refractivity (Wildman–Crippen MR) is 74.2 cm³/mol. The predicted octanol–water partition coefficient (Wildman–Crippen LogP) is 1.25. The molecule has 2 unspecified atom stereocenters. The number of morpholine rings is 1. The van der Waals surface area contributed by atoms with Gasteiger partial charge >= 0.3 is 0 Å². The quantitative estimate of drug-likeness (QED) is 0.841. The van der Waals surface area contributed by atoms with Crippen molar-refractivity contribution in [1.82, 2.24) is 0 Å². The van der Waals surface area contributed by atoms with Crippen LogP contribution in [0.25, 0.3) is 0 Å². The van der Waals surface area contributed by atoms with Gasteiger partial charge in [0.15, 0.2) is 0 Å². The first-order chi connectivity index (χ1) is 9.20. The van der Waals surface area contributed by atoms with Crippen LogP contribution in [0.5, 0.6) is 0 Å². The highest BCUT2D eigenvalue weighted by Gasteiger charge is 2.29. The van der Waals surface area contributed by atoms with E-state index in [9.17, 15) is 4.79 Å². The van der Waals surface area contributed by atoms with Crippen molar-refractivity contribution < 1.29 is 9.53 Å². The van der Waals surface area contributed by atoms with Crippen molar-refractivity contribution in [3.05, 3.63) is 23.8 Å². The van der Waals surface area contributed by atoms with Gasteiger partial charge in [0.2, 0.25) is 5.91 Å².